The van der Waals surface area contributed by atoms with Crippen LogP contribution in [0.3, 0.4) is 0 Å². The Kier molecular flexibility index (Phi) is 2.49. The Hall–Kier alpha value is -1.36. The lowest BCUT2D eigenvalue weighted by Crippen LogP contribution is -1.95. The van der Waals surface area contributed by atoms with Gasteiger partial charge in [-0.3, -0.25) is 0 Å². The molecule has 0 aliphatic carbocycles. The molecule has 72 valence electrons. The molecule has 0 amide bonds. The van der Waals surface area contributed by atoms with Crippen molar-refractivity contribution in [2.45, 2.75) is 0 Å². The van der Waals surface area contributed by atoms with Crippen LogP contribution in [0, 0.1) is 0 Å². The first-order valence-electron chi connectivity index (χ1n) is 3.99. The molecule has 0 aliphatic rings. The number of aromatic nitrogens is 3. The van der Waals surface area contributed by atoms with E-state index < -0.39 is 0 Å². The van der Waals surface area contributed by atoms with Crippen molar-refractivity contribution in [3.05, 3.63) is 35.3 Å². The maximum Gasteiger partial charge on any atom is 0.138 e. The third-order valence-electron chi connectivity index (χ3n) is 1.78. The second-order valence-electron chi connectivity index (χ2n) is 2.69. The monoisotopic (exact) mass is 253 g/mol. The summed E-state index contributed by atoms with van der Waals surface area (Å²) in [6.45, 7) is 0. The van der Waals surface area contributed by atoms with Gasteiger partial charge in [0.25, 0.3) is 0 Å². The molecule has 5 heteroatoms. The van der Waals surface area contributed by atoms with Gasteiger partial charge in [0.1, 0.15) is 18.4 Å². The summed E-state index contributed by atoms with van der Waals surface area (Å²) >= 11 is 3.40. The Morgan fingerprint density at radius 1 is 1.36 bits per heavy atom. The Balaban J connectivity index is 2.48. The van der Waals surface area contributed by atoms with Gasteiger partial charge >= 0.3 is 0 Å². The van der Waals surface area contributed by atoms with Gasteiger partial charge in [0.2, 0.25) is 0 Å². The highest BCUT2D eigenvalue weighted by molar-refractivity contribution is 9.10. The highest BCUT2D eigenvalue weighted by Gasteiger charge is 2.01. The molecule has 0 bridgehead atoms. The van der Waals surface area contributed by atoms with E-state index in [1.54, 1.807) is 18.1 Å². The van der Waals surface area contributed by atoms with E-state index in [0.29, 0.717) is 0 Å². The van der Waals surface area contributed by atoms with E-state index in [1.807, 2.05) is 18.2 Å². The van der Waals surface area contributed by atoms with E-state index in [9.17, 15) is 0 Å². The molecule has 0 radical (unpaired) electrons. The molecule has 0 spiro atoms. The van der Waals surface area contributed by atoms with Crippen LogP contribution in [0.15, 0.2) is 35.3 Å². The molecule has 1 aromatic heterocycles. The van der Waals surface area contributed by atoms with Crippen LogP contribution in [-0.2, 0) is 0 Å². The molecule has 4 nitrogen and oxygen atoms in total. The van der Waals surface area contributed by atoms with Gasteiger partial charge in [0, 0.05) is 10.5 Å². The van der Waals surface area contributed by atoms with E-state index >= 15 is 0 Å². The lowest BCUT2D eigenvalue weighted by Gasteiger charge is -2.04. The van der Waals surface area contributed by atoms with Gasteiger partial charge in [-0.1, -0.05) is 15.9 Å². The Morgan fingerprint density at radius 3 is 2.86 bits per heavy atom. The molecule has 0 aliphatic heterocycles. The van der Waals surface area contributed by atoms with Crippen molar-refractivity contribution in [2.75, 3.05) is 7.11 Å². The molecule has 2 aromatic rings. The van der Waals surface area contributed by atoms with Crippen LogP contribution in [0.25, 0.3) is 5.69 Å². The Morgan fingerprint density at radius 2 is 2.21 bits per heavy atom. The van der Waals surface area contributed by atoms with Crippen molar-refractivity contribution in [3.63, 3.8) is 0 Å². The number of benzene rings is 1. The molecular formula is C9H8BrN3O. The van der Waals surface area contributed by atoms with Crippen LogP contribution in [0.5, 0.6) is 5.75 Å². The van der Waals surface area contributed by atoms with Gasteiger partial charge in [-0.05, 0) is 12.1 Å². The van der Waals surface area contributed by atoms with E-state index in [-0.39, 0.29) is 0 Å². The minimum absolute atomic E-state index is 0.782. The minimum Gasteiger partial charge on any atom is -0.497 e. The average Bonchev–Trinajstić information content (AvgIpc) is 2.69. The summed E-state index contributed by atoms with van der Waals surface area (Å²) in [4.78, 5) is 3.88. The van der Waals surface area contributed by atoms with Crippen molar-refractivity contribution in [2.24, 2.45) is 0 Å². The van der Waals surface area contributed by atoms with Crippen molar-refractivity contribution < 1.29 is 4.74 Å². The van der Waals surface area contributed by atoms with Gasteiger partial charge in [0.05, 0.1) is 12.8 Å². The molecule has 0 saturated heterocycles. The summed E-state index contributed by atoms with van der Waals surface area (Å²) in [7, 11) is 1.63. The highest BCUT2D eigenvalue weighted by Crippen LogP contribution is 2.22. The molecule has 1 aromatic carbocycles. The smallest absolute Gasteiger partial charge is 0.138 e. The third-order valence-corrected chi connectivity index (χ3v) is 2.23. The van der Waals surface area contributed by atoms with Crippen molar-refractivity contribution >= 4 is 15.9 Å². The van der Waals surface area contributed by atoms with Gasteiger partial charge in [0.15, 0.2) is 0 Å². The van der Waals surface area contributed by atoms with Crippen LogP contribution in [0.1, 0.15) is 0 Å². The summed E-state index contributed by atoms with van der Waals surface area (Å²) in [5.41, 5.74) is 0.911. The molecule has 1 heterocycles. The molecule has 0 N–H and O–H groups in total. The van der Waals surface area contributed by atoms with Gasteiger partial charge in [-0.25, -0.2) is 9.67 Å². The Labute approximate surface area is 89.7 Å². The molecule has 14 heavy (non-hydrogen) atoms. The second-order valence-corrected chi connectivity index (χ2v) is 3.60. The van der Waals surface area contributed by atoms with Gasteiger partial charge in [-0.2, -0.15) is 5.10 Å². The van der Waals surface area contributed by atoms with E-state index in [2.05, 4.69) is 26.0 Å². The summed E-state index contributed by atoms with van der Waals surface area (Å²) in [5, 5.41) is 4.03. The Bertz CT molecular complexity index is 428. The fourth-order valence-corrected chi connectivity index (χ4v) is 1.60. The fourth-order valence-electron chi connectivity index (χ4n) is 1.14. The molecule has 0 unspecified atom stereocenters. The van der Waals surface area contributed by atoms with Crippen LogP contribution >= 0.6 is 15.9 Å². The number of hydrogen-bond acceptors (Lipinski definition) is 3. The zero-order chi connectivity index (χ0) is 9.97. The fraction of sp³-hybridized carbons (Fsp3) is 0.111. The normalized spacial score (nSPS) is 10.1. The van der Waals surface area contributed by atoms with Crippen molar-refractivity contribution in [1.82, 2.24) is 14.8 Å². The lowest BCUT2D eigenvalue weighted by molar-refractivity contribution is 0.414. The van der Waals surface area contributed by atoms with E-state index in [0.717, 1.165) is 15.9 Å². The maximum atomic E-state index is 5.14. The SMILES string of the molecule is COc1cc(Br)cc(-n2cncn2)c1. The molecule has 0 saturated carbocycles. The standard InChI is InChI=1S/C9H8BrN3O/c1-14-9-3-7(10)2-8(4-9)13-6-11-5-12-13/h2-6H,1H3. The molecule has 0 atom stereocenters. The van der Waals surface area contributed by atoms with E-state index in [4.69, 9.17) is 4.74 Å². The predicted octanol–water partition coefficient (Wildman–Crippen LogP) is 2.04. The first kappa shape index (κ1) is 9.21. The van der Waals surface area contributed by atoms with Crippen LogP contribution in [-0.4, -0.2) is 21.9 Å². The van der Waals surface area contributed by atoms with Crippen LogP contribution < -0.4 is 4.74 Å². The topological polar surface area (TPSA) is 39.9 Å². The zero-order valence-corrected chi connectivity index (χ0v) is 9.10. The quantitative estimate of drug-likeness (QED) is 0.823. The first-order chi connectivity index (χ1) is 6.79. The minimum atomic E-state index is 0.782. The summed E-state index contributed by atoms with van der Waals surface area (Å²) in [6.07, 6.45) is 3.13. The second kappa shape index (κ2) is 3.79. The lowest BCUT2D eigenvalue weighted by atomic mass is 10.3. The maximum absolute atomic E-state index is 5.14. The molecule has 2 rings (SSSR count). The number of rotatable bonds is 2. The number of halogens is 1. The van der Waals surface area contributed by atoms with Crippen LogP contribution in [0.2, 0.25) is 0 Å². The summed E-state index contributed by atoms with van der Waals surface area (Å²) < 4.78 is 7.76. The molecular weight excluding hydrogens is 246 g/mol. The van der Waals surface area contributed by atoms with Gasteiger partial charge < -0.3 is 4.74 Å². The van der Waals surface area contributed by atoms with Gasteiger partial charge in [-0.15, -0.1) is 0 Å². The van der Waals surface area contributed by atoms with E-state index in [1.165, 1.54) is 6.33 Å². The van der Waals surface area contributed by atoms with Crippen LogP contribution in [0.4, 0.5) is 0 Å². The average molecular weight is 254 g/mol. The number of methoxy groups -OCH3 is 1. The zero-order valence-electron chi connectivity index (χ0n) is 7.51. The summed E-state index contributed by atoms with van der Waals surface area (Å²) in [6, 6.07) is 5.72. The highest BCUT2D eigenvalue weighted by atomic mass is 79.9. The number of hydrogen-bond donors (Lipinski definition) is 0. The summed E-state index contributed by atoms with van der Waals surface area (Å²) in [5.74, 6) is 0.782. The number of nitrogens with zero attached hydrogens (tertiary/aromatic N) is 3. The number of ether oxygens (including phenoxy) is 1. The van der Waals surface area contributed by atoms with Crippen molar-refractivity contribution in [3.8, 4) is 11.4 Å². The largest absolute Gasteiger partial charge is 0.497 e. The third kappa shape index (κ3) is 1.77. The predicted molar refractivity (Wildman–Crippen MR) is 55.6 cm³/mol. The first-order valence-corrected chi connectivity index (χ1v) is 4.78. The molecule has 0 fully saturated rings. The van der Waals surface area contributed by atoms with Crippen molar-refractivity contribution in [1.29, 1.82) is 0 Å².